The van der Waals surface area contributed by atoms with E-state index >= 15 is 0 Å². The molecule has 10 aromatic carbocycles. The van der Waals surface area contributed by atoms with Crippen molar-refractivity contribution in [2.24, 2.45) is 0 Å². The Morgan fingerprint density at radius 1 is 0.293 bits per heavy atom. The Morgan fingerprint density at radius 2 is 0.641 bits per heavy atom. The Kier molecular flexibility index (Phi) is 45.0. The molecule has 10 rings (SSSR count). The van der Waals surface area contributed by atoms with Crippen LogP contribution in [0.25, 0.3) is 0 Å². The van der Waals surface area contributed by atoms with Crippen LogP contribution in [0.3, 0.4) is 0 Å². The van der Waals surface area contributed by atoms with E-state index in [4.69, 9.17) is 14.0 Å². The first-order valence-corrected chi connectivity index (χ1v) is 36.9. The van der Waals surface area contributed by atoms with Crippen molar-refractivity contribution in [3.8, 4) is 17.2 Å². The third-order valence-corrected chi connectivity index (χ3v) is 19.1. The molecule has 492 valence electrons. The Bertz CT molecular complexity index is 3580. The van der Waals surface area contributed by atoms with E-state index in [-0.39, 0.29) is 42.9 Å². The number of carbonyl (C=O) groups excluding carboxylic acids is 1. The lowest BCUT2D eigenvalue weighted by Gasteiger charge is -2.08. The maximum atomic E-state index is 12.2. The number of aryl methyl sites for hydroxylation is 8. The summed E-state index contributed by atoms with van der Waals surface area (Å²) in [6.07, 6.45) is 12.5. The molecule has 0 bridgehead atoms. The molecule has 0 saturated heterocycles. The van der Waals surface area contributed by atoms with E-state index in [0.717, 1.165) is 27.5 Å². The predicted octanol–water partition coefficient (Wildman–Crippen LogP) is 27.3. The van der Waals surface area contributed by atoms with Crippen LogP contribution in [-0.4, -0.2) is 43.3 Å². The minimum absolute atomic E-state index is 0. The van der Waals surface area contributed by atoms with E-state index in [0.29, 0.717) is 5.75 Å². The molecule has 0 unspecified atom stereocenters. The first-order chi connectivity index (χ1) is 42.0. The van der Waals surface area contributed by atoms with Gasteiger partial charge in [0.05, 0.1) is 12.0 Å². The van der Waals surface area contributed by atoms with Crippen LogP contribution in [-0.2, 0) is 4.33 Å². The van der Waals surface area contributed by atoms with Gasteiger partial charge >= 0.3 is 0 Å². The molecule has 0 aliphatic carbocycles. The predicted molar refractivity (Wildman–Crippen MR) is 422 cm³/mol. The van der Waals surface area contributed by atoms with Crippen molar-refractivity contribution in [2.45, 2.75) is 137 Å². The van der Waals surface area contributed by atoms with Crippen molar-refractivity contribution >= 4 is 100 Å². The molecule has 0 fully saturated rings. The van der Waals surface area contributed by atoms with Crippen molar-refractivity contribution in [2.75, 3.05) is 37.5 Å². The van der Waals surface area contributed by atoms with Crippen molar-refractivity contribution in [3.05, 3.63) is 286 Å². The van der Waals surface area contributed by atoms with Crippen LogP contribution < -0.4 is 9.62 Å². The SMILES string of the molecule is C.C.C.C.C.CSc1ccc(C(=O)c2ccc(C)cc2)cc1.CSc1ccc(C)cc1C.CSc1ccc(C)cc1Sc1ccc(C)cc1.CSc1ccc(Oc2ccc(C)cc2)cc1.CSc1ccc(SOOc2ccc(C)cc2)cc1.CSc1cccc(C)c1. The number of hydrogen-bond donors (Lipinski definition) is 0. The maximum Gasteiger partial charge on any atom is 0.193 e. The van der Waals surface area contributed by atoms with Crippen molar-refractivity contribution in [3.63, 3.8) is 0 Å². The van der Waals surface area contributed by atoms with Crippen LogP contribution in [0.4, 0.5) is 0 Å². The number of rotatable bonds is 16. The summed E-state index contributed by atoms with van der Waals surface area (Å²) in [6, 6.07) is 77.8. The van der Waals surface area contributed by atoms with Crippen LogP contribution in [0.15, 0.2) is 275 Å². The van der Waals surface area contributed by atoms with Gasteiger partial charge in [0.25, 0.3) is 0 Å². The van der Waals surface area contributed by atoms with Gasteiger partial charge in [-0.25, -0.2) is 0 Å². The smallest absolute Gasteiger partial charge is 0.193 e. The van der Waals surface area contributed by atoms with Crippen LogP contribution in [0.2, 0.25) is 0 Å². The molecular weight excluding hydrogens is 1280 g/mol. The summed E-state index contributed by atoms with van der Waals surface area (Å²) < 4.78 is 10.9. The first kappa shape index (κ1) is 86.2. The second-order valence-electron chi connectivity index (χ2n) is 19.8. The Balaban J connectivity index is 0.00000108. The van der Waals surface area contributed by atoms with E-state index in [1.165, 1.54) is 95.7 Å². The lowest BCUT2D eigenvalue weighted by atomic mass is 10.0. The van der Waals surface area contributed by atoms with Crippen molar-refractivity contribution in [1.82, 2.24) is 0 Å². The first-order valence-electron chi connectivity index (χ1n) is 28.0. The van der Waals surface area contributed by atoms with E-state index in [1.807, 2.05) is 153 Å². The fourth-order valence-electron chi connectivity index (χ4n) is 7.69. The second-order valence-corrected chi connectivity index (χ2v) is 26.9. The fraction of sp³-hybridized carbons (Fsp3) is 0.237. The molecule has 0 N–H and O–H groups in total. The maximum absolute atomic E-state index is 12.2. The number of hydrogen-bond acceptors (Lipinski definition) is 12. The molecule has 0 amide bonds. The third kappa shape index (κ3) is 32.4. The lowest BCUT2D eigenvalue weighted by Crippen LogP contribution is -2.00. The van der Waals surface area contributed by atoms with Gasteiger partial charge in [-0.1, -0.05) is 173 Å². The molecule has 0 aromatic heterocycles. The van der Waals surface area contributed by atoms with Gasteiger partial charge < -0.3 is 9.62 Å². The van der Waals surface area contributed by atoms with Gasteiger partial charge in [-0.2, -0.15) is 0 Å². The van der Waals surface area contributed by atoms with Gasteiger partial charge in [0.2, 0.25) is 0 Å². The van der Waals surface area contributed by atoms with E-state index < -0.39 is 0 Å². The second kappa shape index (κ2) is 48.0. The van der Waals surface area contributed by atoms with Gasteiger partial charge in [0.15, 0.2) is 11.5 Å². The molecule has 4 nitrogen and oxygen atoms in total. The normalized spacial score (nSPS) is 9.63. The van der Waals surface area contributed by atoms with Crippen LogP contribution in [0.1, 0.15) is 97.6 Å². The summed E-state index contributed by atoms with van der Waals surface area (Å²) in [5, 5.41) is 0. The zero-order chi connectivity index (χ0) is 62.9. The summed E-state index contributed by atoms with van der Waals surface area (Å²) in [4.78, 5) is 28.7. The molecule has 0 radical (unpaired) electrons. The molecule has 12 heteroatoms. The van der Waals surface area contributed by atoms with Gasteiger partial charge in [-0.3, -0.25) is 4.79 Å². The van der Waals surface area contributed by atoms with Gasteiger partial charge in [0, 0.05) is 55.2 Å². The number of benzene rings is 10. The summed E-state index contributed by atoms with van der Waals surface area (Å²) in [5.41, 5.74) is 11.8. The number of carbonyl (C=O) groups is 1. The molecule has 0 aliphatic heterocycles. The largest absolute Gasteiger partial charge is 0.457 e. The molecule has 10 aromatic rings. The number of thioether (sulfide) groups is 6. The molecule has 0 heterocycles. The Hall–Kier alpha value is -5.77. The standard InChI is InChI=1S/C15H14OS.C15H16S2.C14H14O2S2.C14H14OS.C9H12S.C8H10S.5CH4/c1-11-3-5-12(6-4-11)15(16)13-7-9-14(17-2)10-8-13;1-11-4-7-13(8-5-11)17-15-10-12(2)6-9-14(15)16-3;1-11-3-5-12(6-4-11)15-16-18-14-9-7-13(17-2)8-10-14;1-11-3-5-12(6-4-11)15-13-7-9-14(16-2)10-8-13;1-7-4-5-9(10-3)8(2)6-7;1-7-4-3-5-8(6-7)9-2;;;;;/h3-10H,1-2H3;4-10H,1-3H3;3-10H,1-2H3;3-10H,1-2H3;4-6H,1-3H3;3-6H,1-2H3;5*1H4. The van der Waals surface area contributed by atoms with Crippen LogP contribution in [0, 0.1) is 55.4 Å². The number of ketones is 1. The third-order valence-electron chi connectivity index (χ3n) is 12.7. The molecule has 0 saturated carbocycles. The highest BCUT2D eigenvalue weighted by atomic mass is 32.2. The van der Waals surface area contributed by atoms with Gasteiger partial charge in [-0.05, 0) is 244 Å². The van der Waals surface area contributed by atoms with Crippen LogP contribution >= 0.6 is 94.4 Å². The average Bonchev–Trinajstić information content (AvgIpc) is 1.96. The summed E-state index contributed by atoms with van der Waals surface area (Å²) in [5.74, 6) is 2.54. The van der Waals surface area contributed by atoms with Crippen molar-refractivity contribution in [1.29, 1.82) is 0 Å². The Morgan fingerprint density at radius 3 is 1.08 bits per heavy atom. The van der Waals surface area contributed by atoms with E-state index in [2.05, 4.69) is 182 Å². The monoisotopic (exact) mass is 1380 g/mol. The number of ether oxygens (including phenoxy) is 1. The highest BCUT2D eigenvalue weighted by molar-refractivity contribution is 8.02. The minimum Gasteiger partial charge on any atom is -0.457 e. The molecule has 0 aliphatic rings. The summed E-state index contributed by atoms with van der Waals surface area (Å²) in [7, 11) is 0. The van der Waals surface area contributed by atoms with E-state index in [1.54, 1.807) is 70.6 Å². The van der Waals surface area contributed by atoms with E-state index in [9.17, 15) is 4.79 Å². The molecule has 0 atom stereocenters. The summed E-state index contributed by atoms with van der Waals surface area (Å²) in [6.45, 7) is 16.8. The zero-order valence-corrected chi connectivity index (χ0v) is 58.9. The Labute approximate surface area is 591 Å². The molecular formula is C80H100O4S8. The highest BCUT2D eigenvalue weighted by Crippen LogP contribution is 2.36. The molecule has 0 spiro atoms. The fourth-order valence-corrected chi connectivity index (χ4v) is 12.2. The quantitative estimate of drug-likeness (QED) is 0.0304. The topological polar surface area (TPSA) is 44.8 Å². The average molecular weight is 1380 g/mol. The van der Waals surface area contributed by atoms with Gasteiger partial charge in [0.1, 0.15) is 11.5 Å². The zero-order valence-electron chi connectivity index (χ0n) is 52.3. The summed E-state index contributed by atoms with van der Waals surface area (Å²) >= 11 is 13.6. The van der Waals surface area contributed by atoms with Gasteiger partial charge in [-0.15, -0.1) is 74.9 Å². The minimum atomic E-state index is 0. The highest BCUT2D eigenvalue weighted by Gasteiger charge is 2.09. The van der Waals surface area contributed by atoms with Crippen LogP contribution in [0.5, 0.6) is 17.2 Å². The molecule has 92 heavy (non-hydrogen) atoms. The lowest BCUT2D eigenvalue weighted by molar-refractivity contribution is -0.0777. The van der Waals surface area contributed by atoms with Crippen molar-refractivity contribution < 1.29 is 18.8 Å².